The minimum atomic E-state index is -5.08. The van der Waals surface area contributed by atoms with Crippen LogP contribution in [0.3, 0.4) is 0 Å². The molecule has 2 fully saturated rings. The molecule has 4 rings (SSSR count). The smallest absolute Gasteiger partial charge is 0.485 e. The van der Waals surface area contributed by atoms with Gasteiger partial charge in [-0.3, -0.25) is 9.88 Å². The molecule has 0 saturated carbocycles. The number of ether oxygens (including phenoxy) is 2. The normalized spacial score (nSPS) is 21.5. The highest BCUT2D eigenvalue weighted by atomic mass is 32.1. The van der Waals surface area contributed by atoms with Gasteiger partial charge in [0.2, 0.25) is 0 Å². The van der Waals surface area contributed by atoms with E-state index in [-0.39, 0.29) is 12.2 Å². The predicted octanol–water partition coefficient (Wildman–Crippen LogP) is 3.92. The maximum absolute atomic E-state index is 10.6. The van der Waals surface area contributed by atoms with Crippen molar-refractivity contribution in [3.8, 4) is 5.75 Å². The van der Waals surface area contributed by atoms with Gasteiger partial charge in [0.25, 0.3) is 0 Å². The fourth-order valence-corrected chi connectivity index (χ4v) is 4.34. The van der Waals surface area contributed by atoms with Crippen LogP contribution < -0.4 is 4.74 Å². The fourth-order valence-electron chi connectivity index (χ4n) is 3.54. The number of thiazole rings is 1. The summed E-state index contributed by atoms with van der Waals surface area (Å²) >= 11 is 1.74. The Balaban J connectivity index is 0.000000286. The Labute approximate surface area is 210 Å². The van der Waals surface area contributed by atoms with E-state index >= 15 is 0 Å². The third-order valence-corrected chi connectivity index (χ3v) is 6.10. The summed E-state index contributed by atoms with van der Waals surface area (Å²) in [6.07, 6.45) is -4.11. The van der Waals surface area contributed by atoms with Crippen LogP contribution in [0.5, 0.6) is 5.75 Å². The Bertz CT molecular complexity index is 996. The first-order valence-electron chi connectivity index (χ1n) is 10.6. The minimum Gasteiger partial charge on any atom is -0.485 e. The molecule has 206 valence electrons. The first kappa shape index (κ1) is 30.2. The number of fused-ring (bicyclic) bond motifs is 1. The maximum Gasteiger partial charge on any atom is 0.490 e. The highest BCUT2D eigenvalue weighted by molar-refractivity contribution is 7.09. The predicted molar refractivity (Wildman–Crippen MR) is 116 cm³/mol. The molecule has 2 aliphatic rings. The Kier molecular flexibility index (Phi) is 10.6. The second-order valence-corrected chi connectivity index (χ2v) is 8.73. The van der Waals surface area contributed by atoms with Gasteiger partial charge in [0, 0.05) is 36.8 Å². The second kappa shape index (κ2) is 13.0. The lowest BCUT2D eigenvalue weighted by Crippen LogP contribution is -2.42. The van der Waals surface area contributed by atoms with Gasteiger partial charge in [0.1, 0.15) is 18.0 Å². The number of aliphatic carboxylic acids is 2. The quantitative estimate of drug-likeness (QED) is 0.537. The van der Waals surface area contributed by atoms with E-state index < -0.39 is 24.3 Å². The van der Waals surface area contributed by atoms with Gasteiger partial charge in [-0.1, -0.05) is 0 Å². The van der Waals surface area contributed by atoms with Crippen LogP contribution >= 0.6 is 11.3 Å². The fraction of sp³-hybridized carbons (Fsp3) is 0.524. The van der Waals surface area contributed by atoms with E-state index in [1.54, 1.807) is 23.7 Å². The van der Waals surface area contributed by atoms with Crippen LogP contribution in [-0.4, -0.2) is 80.8 Å². The number of alkyl halides is 6. The zero-order valence-electron chi connectivity index (χ0n) is 19.2. The number of likely N-dealkylation sites (tertiary alicyclic amines) is 1. The minimum absolute atomic E-state index is 0.0673. The number of aromatic nitrogens is 2. The largest absolute Gasteiger partial charge is 0.490 e. The summed E-state index contributed by atoms with van der Waals surface area (Å²) in [6.45, 7) is 4.75. The molecule has 2 N–H and O–H groups in total. The number of aryl methyl sites for hydroxylation is 1. The molecular formula is C21H23F6N3O6S. The van der Waals surface area contributed by atoms with Crippen molar-refractivity contribution in [2.45, 2.75) is 56.9 Å². The van der Waals surface area contributed by atoms with Gasteiger partial charge in [-0.2, -0.15) is 26.3 Å². The average molecular weight is 559 g/mol. The number of hydrogen-bond acceptors (Lipinski definition) is 8. The summed E-state index contributed by atoms with van der Waals surface area (Å²) in [5.74, 6) is -4.69. The van der Waals surface area contributed by atoms with Gasteiger partial charge >= 0.3 is 24.3 Å². The van der Waals surface area contributed by atoms with E-state index in [9.17, 15) is 26.3 Å². The molecule has 16 heteroatoms. The van der Waals surface area contributed by atoms with Crippen molar-refractivity contribution >= 4 is 23.3 Å². The zero-order valence-corrected chi connectivity index (χ0v) is 20.0. The van der Waals surface area contributed by atoms with Gasteiger partial charge < -0.3 is 19.7 Å². The van der Waals surface area contributed by atoms with Gasteiger partial charge in [-0.15, -0.1) is 11.3 Å². The van der Waals surface area contributed by atoms with E-state index in [0.717, 1.165) is 37.6 Å². The third-order valence-electron chi connectivity index (χ3n) is 5.18. The second-order valence-electron chi connectivity index (χ2n) is 7.79. The highest BCUT2D eigenvalue weighted by Gasteiger charge is 2.45. The average Bonchev–Trinajstić information content (AvgIpc) is 3.38. The highest BCUT2D eigenvalue weighted by Crippen LogP contribution is 2.33. The number of carboxylic acid groups (broad SMARTS) is 2. The van der Waals surface area contributed by atoms with E-state index in [2.05, 4.69) is 21.8 Å². The van der Waals surface area contributed by atoms with Gasteiger partial charge in [0.15, 0.2) is 0 Å². The van der Waals surface area contributed by atoms with Crippen LogP contribution in [0.25, 0.3) is 0 Å². The maximum atomic E-state index is 10.6. The monoisotopic (exact) mass is 559 g/mol. The number of carbonyl (C=O) groups is 2. The first-order valence-corrected chi connectivity index (χ1v) is 11.5. The number of rotatable bonds is 4. The van der Waals surface area contributed by atoms with Gasteiger partial charge in [-0.05, 0) is 31.9 Å². The molecular weight excluding hydrogens is 536 g/mol. The third kappa shape index (κ3) is 9.44. The SMILES string of the molecule is Cc1ncsc1CN1C[C@H](Oc2cccnc2)[C@H]2OCCC[C@H]21.O=C(O)C(F)(F)F.O=C(O)C(F)(F)F. The van der Waals surface area contributed by atoms with Crippen LogP contribution in [0.15, 0.2) is 30.0 Å². The molecule has 0 amide bonds. The number of nitrogens with zero attached hydrogens (tertiary/aromatic N) is 3. The molecule has 0 aromatic carbocycles. The molecule has 2 aromatic rings. The van der Waals surface area contributed by atoms with Crippen molar-refractivity contribution in [2.75, 3.05) is 13.2 Å². The summed E-state index contributed by atoms with van der Waals surface area (Å²) in [7, 11) is 0. The van der Waals surface area contributed by atoms with Gasteiger partial charge in [0.05, 0.1) is 17.4 Å². The number of carboxylic acids is 2. The topological polar surface area (TPSA) is 122 Å². The molecule has 0 spiro atoms. The Hall–Kier alpha value is -2.98. The van der Waals surface area contributed by atoms with Crippen LogP contribution in [-0.2, 0) is 20.9 Å². The molecule has 0 bridgehead atoms. The lowest BCUT2D eigenvalue weighted by atomic mass is 10.0. The van der Waals surface area contributed by atoms with Crippen molar-refractivity contribution in [2.24, 2.45) is 0 Å². The molecule has 4 heterocycles. The molecule has 2 aliphatic heterocycles. The molecule has 0 radical (unpaired) electrons. The van der Waals surface area contributed by atoms with Crippen LogP contribution in [0, 0.1) is 6.92 Å². The number of halogens is 6. The van der Waals surface area contributed by atoms with Crippen molar-refractivity contribution in [3.05, 3.63) is 40.6 Å². The Morgan fingerprint density at radius 1 is 1.19 bits per heavy atom. The molecule has 3 atom stereocenters. The molecule has 2 saturated heterocycles. The first-order chi connectivity index (χ1) is 17.2. The number of hydrogen-bond donors (Lipinski definition) is 2. The molecule has 37 heavy (non-hydrogen) atoms. The van der Waals surface area contributed by atoms with E-state index in [4.69, 9.17) is 29.3 Å². The standard InChI is InChI=1S/C17H21N3O2S.2C2HF3O2/c1-12-16(23-11-19-12)10-20-9-15(17-14(20)5-3-7-21-17)22-13-4-2-6-18-8-13;2*3-2(4,5)1(6)7/h2,4,6,8,11,14-15,17H,3,5,7,9-10H2,1H3;2*(H,6,7)/t14-,15+,17+;;/m1../s1. The van der Waals surface area contributed by atoms with Crippen molar-refractivity contribution in [3.63, 3.8) is 0 Å². The molecule has 9 nitrogen and oxygen atoms in total. The lowest BCUT2D eigenvalue weighted by molar-refractivity contribution is -0.193. The summed E-state index contributed by atoms with van der Waals surface area (Å²) in [5.41, 5.74) is 3.07. The Morgan fingerprint density at radius 3 is 2.30 bits per heavy atom. The summed E-state index contributed by atoms with van der Waals surface area (Å²) in [6, 6.07) is 4.30. The van der Waals surface area contributed by atoms with Crippen molar-refractivity contribution < 1.29 is 55.6 Å². The summed E-state index contributed by atoms with van der Waals surface area (Å²) < 4.78 is 75.7. The van der Waals surface area contributed by atoms with Crippen LogP contribution in [0.2, 0.25) is 0 Å². The van der Waals surface area contributed by atoms with E-state index in [1.807, 2.05) is 17.6 Å². The molecule has 0 unspecified atom stereocenters. The molecule has 2 aromatic heterocycles. The summed E-state index contributed by atoms with van der Waals surface area (Å²) in [5, 5.41) is 14.2. The van der Waals surface area contributed by atoms with Crippen molar-refractivity contribution in [1.82, 2.24) is 14.9 Å². The lowest BCUT2D eigenvalue weighted by Gasteiger charge is -2.32. The molecule has 0 aliphatic carbocycles. The summed E-state index contributed by atoms with van der Waals surface area (Å²) in [4.78, 5) is 30.1. The number of pyridine rings is 1. The van der Waals surface area contributed by atoms with Crippen molar-refractivity contribution in [1.29, 1.82) is 0 Å². The van der Waals surface area contributed by atoms with E-state index in [0.29, 0.717) is 6.04 Å². The van der Waals surface area contributed by atoms with Gasteiger partial charge in [-0.25, -0.2) is 14.6 Å². The Morgan fingerprint density at radius 2 is 1.81 bits per heavy atom. The van der Waals surface area contributed by atoms with E-state index in [1.165, 1.54) is 11.3 Å². The zero-order chi connectivity index (χ0) is 27.8. The van der Waals surface area contributed by atoms with Crippen LogP contribution in [0.4, 0.5) is 26.3 Å². The van der Waals surface area contributed by atoms with Crippen LogP contribution in [0.1, 0.15) is 23.4 Å².